The van der Waals surface area contributed by atoms with Crippen molar-refractivity contribution in [3.05, 3.63) is 59.2 Å². The van der Waals surface area contributed by atoms with Crippen LogP contribution in [0.15, 0.2) is 42.5 Å². The standard InChI is InChI=1S/C21H26N2O3/c1-13(2)19(21(25)22-17-11-14(3)10-15(4)12-17)23-20(24)16-6-8-18(26-5)9-7-16/h6-13,19H,1-5H3,(H,22,25)(H,23,24)/t19-/m1/s1. The Hall–Kier alpha value is -2.82. The zero-order chi connectivity index (χ0) is 19.3. The Balaban J connectivity index is 2.11. The van der Waals surface area contributed by atoms with Gasteiger partial charge in [0.1, 0.15) is 11.8 Å². The van der Waals surface area contributed by atoms with E-state index in [-0.39, 0.29) is 17.7 Å². The zero-order valence-corrected chi connectivity index (χ0v) is 15.9. The van der Waals surface area contributed by atoms with E-state index in [0.29, 0.717) is 11.3 Å². The molecule has 26 heavy (non-hydrogen) atoms. The summed E-state index contributed by atoms with van der Waals surface area (Å²) in [6.45, 7) is 7.77. The van der Waals surface area contributed by atoms with E-state index in [1.807, 2.05) is 45.9 Å². The van der Waals surface area contributed by atoms with Crippen LogP contribution in [0.2, 0.25) is 0 Å². The minimum absolute atomic E-state index is 0.0527. The Bertz CT molecular complexity index is 762. The summed E-state index contributed by atoms with van der Waals surface area (Å²) in [5.74, 6) is 0.103. The molecule has 0 saturated carbocycles. The van der Waals surface area contributed by atoms with Crippen molar-refractivity contribution < 1.29 is 14.3 Å². The molecule has 0 aliphatic heterocycles. The number of nitrogens with one attached hydrogen (secondary N) is 2. The Morgan fingerprint density at radius 1 is 0.962 bits per heavy atom. The third-order valence-electron chi connectivity index (χ3n) is 4.08. The number of amides is 2. The number of methoxy groups -OCH3 is 1. The SMILES string of the molecule is COc1ccc(C(=O)N[C@@H](C(=O)Nc2cc(C)cc(C)c2)C(C)C)cc1. The molecule has 138 valence electrons. The predicted octanol–water partition coefficient (Wildman–Crippen LogP) is 3.71. The summed E-state index contributed by atoms with van der Waals surface area (Å²) in [6, 6.07) is 12.0. The second kappa shape index (κ2) is 8.52. The largest absolute Gasteiger partial charge is 0.497 e. The van der Waals surface area contributed by atoms with Crippen LogP contribution in [0.4, 0.5) is 5.69 Å². The molecule has 2 N–H and O–H groups in total. The lowest BCUT2D eigenvalue weighted by Crippen LogP contribution is -2.47. The third kappa shape index (κ3) is 5.09. The van der Waals surface area contributed by atoms with Gasteiger partial charge in [-0.3, -0.25) is 9.59 Å². The molecule has 2 rings (SSSR count). The molecule has 0 bridgehead atoms. The van der Waals surface area contributed by atoms with Crippen LogP contribution >= 0.6 is 0 Å². The van der Waals surface area contributed by atoms with E-state index in [1.165, 1.54) is 0 Å². The average Bonchev–Trinajstić information content (AvgIpc) is 2.58. The number of rotatable bonds is 6. The summed E-state index contributed by atoms with van der Waals surface area (Å²) < 4.78 is 5.10. The Kier molecular flexibility index (Phi) is 6.39. The van der Waals surface area contributed by atoms with Crippen LogP contribution in [0.1, 0.15) is 35.3 Å². The van der Waals surface area contributed by atoms with Gasteiger partial charge < -0.3 is 15.4 Å². The number of hydrogen-bond donors (Lipinski definition) is 2. The minimum Gasteiger partial charge on any atom is -0.497 e. The minimum atomic E-state index is -0.634. The fourth-order valence-electron chi connectivity index (χ4n) is 2.77. The van der Waals surface area contributed by atoms with Crippen molar-refractivity contribution in [1.29, 1.82) is 0 Å². The summed E-state index contributed by atoms with van der Waals surface area (Å²) in [5, 5.41) is 5.73. The van der Waals surface area contributed by atoms with E-state index < -0.39 is 6.04 Å². The first-order valence-electron chi connectivity index (χ1n) is 8.64. The lowest BCUT2D eigenvalue weighted by Gasteiger charge is -2.22. The fraction of sp³-hybridized carbons (Fsp3) is 0.333. The van der Waals surface area contributed by atoms with E-state index >= 15 is 0 Å². The highest BCUT2D eigenvalue weighted by molar-refractivity contribution is 6.01. The molecule has 0 unspecified atom stereocenters. The van der Waals surface area contributed by atoms with Gasteiger partial charge in [0, 0.05) is 11.3 Å². The normalized spacial score (nSPS) is 11.8. The number of benzene rings is 2. The summed E-state index contributed by atoms with van der Waals surface area (Å²) in [5.41, 5.74) is 3.36. The molecule has 0 aromatic heterocycles. The summed E-state index contributed by atoms with van der Waals surface area (Å²) in [6.07, 6.45) is 0. The van der Waals surface area contributed by atoms with Crippen LogP contribution in [0, 0.1) is 19.8 Å². The van der Waals surface area contributed by atoms with Gasteiger partial charge in [-0.2, -0.15) is 0 Å². The first-order valence-corrected chi connectivity index (χ1v) is 8.64. The van der Waals surface area contributed by atoms with E-state index in [4.69, 9.17) is 4.74 Å². The molecule has 2 aromatic rings. The lowest BCUT2D eigenvalue weighted by molar-refractivity contribution is -0.118. The van der Waals surface area contributed by atoms with Gasteiger partial charge in [0.15, 0.2) is 0 Å². The van der Waals surface area contributed by atoms with Crippen molar-refractivity contribution in [2.45, 2.75) is 33.7 Å². The summed E-state index contributed by atoms with van der Waals surface area (Å²) in [4.78, 5) is 25.2. The van der Waals surface area contributed by atoms with Crippen molar-refractivity contribution in [2.75, 3.05) is 12.4 Å². The molecule has 5 heteroatoms. The monoisotopic (exact) mass is 354 g/mol. The van der Waals surface area contributed by atoms with Crippen LogP contribution in [0.25, 0.3) is 0 Å². The Morgan fingerprint density at radius 2 is 1.54 bits per heavy atom. The molecule has 0 aliphatic carbocycles. The van der Waals surface area contributed by atoms with E-state index in [0.717, 1.165) is 16.8 Å². The Labute approximate surface area is 154 Å². The maximum Gasteiger partial charge on any atom is 0.251 e. The molecule has 2 amide bonds. The molecule has 2 aromatic carbocycles. The van der Waals surface area contributed by atoms with Crippen LogP contribution in [-0.4, -0.2) is 25.0 Å². The van der Waals surface area contributed by atoms with Gasteiger partial charge in [0.25, 0.3) is 5.91 Å². The van der Waals surface area contributed by atoms with Crippen molar-refractivity contribution in [3.8, 4) is 5.75 Å². The van der Waals surface area contributed by atoms with Crippen LogP contribution in [0.3, 0.4) is 0 Å². The molecule has 0 heterocycles. The highest BCUT2D eigenvalue weighted by Crippen LogP contribution is 2.16. The van der Waals surface area contributed by atoms with Crippen molar-refractivity contribution in [1.82, 2.24) is 5.32 Å². The van der Waals surface area contributed by atoms with Gasteiger partial charge in [-0.1, -0.05) is 19.9 Å². The molecule has 0 aliphatic rings. The van der Waals surface area contributed by atoms with Gasteiger partial charge in [-0.25, -0.2) is 0 Å². The van der Waals surface area contributed by atoms with E-state index in [2.05, 4.69) is 10.6 Å². The molecule has 0 saturated heterocycles. The van der Waals surface area contributed by atoms with E-state index in [1.54, 1.807) is 31.4 Å². The van der Waals surface area contributed by atoms with Crippen molar-refractivity contribution in [2.24, 2.45) is 5.92 Å². The number of ether oxygens (including phenoxy) is 1. The van der Waals surface area contributed by atoms with Gasteiger partial charge in [-0.05, 0) is 67.3 Å². The van der Waals surface area contributed by atoms with Gasteiger partial charge in [0.05, 0.1) is 7.11 Å². The average molecular weight is 354 g/mol. The van der Waals surface area contributed by atoms with Crippen LogP contribution in [0.5, 0.6) is 5.75 Å². The van der Waals surface area contributed by atoms with Gasteiger partial charge >= 0.3 is 0 Å². The fourth-order valence-corrected chi connectivity index (χ4v) is 2.77. The van der Waals surface area contributed by atoms with Crippen LogP contribution in [-0.2, 0) is 4.79 Å². The smallest absolute Gasteiger partial charge is 0.251 e. The predicted molar refractivity (Wildman–Crippen MR) is 104 cm³/mol. The number of aryl methyl sites for hydroxylation is 2. The number of anilines is 1. The first-order chi connectivity index (χ1) is 12.3. The zero-order valence-electron chi connectivity index (χ0n) is 15.9. The molecule has 0 radical (unpaired) electrons. The number of carbonyl (C=O) groups excluding carboxylic acids is 2. The second-order valence-electron chi connectivity index (χ2n) is 6.79. The molecule has 0 fully saturated rings. The second-order valence-corrected chi connectivity index (χ2v) is 6.79. The topological polar surface area (TPSA) is 67.4 Å². The highest BCUT2D eigenvalue weighted by atomic mass is 16.5. The van der Waals surface area contributed by atoms with E-state index in [9.17, 15) is 9.59 Å². The molecular formula is C21H26N2O3. The molecule has 0 spiro atoms. The quantitative estimate of drug-likeness (QED) is 0.831. The summed E-state index contributed by atoms with van der Waals surface area (Å²) >= 11 is 0. The maximum atomic E-state index is 12.7. The summed E-state index contributed by atoms with van der Waals surface area (Å²) in [7, 11) is 1.57. The molecule has 5 nitrogen and oxygen atoms in total. The van der Waals surface area contributed by atoms with Crippen molar-refractivity contribution in [3.63, 3.8) is 0 Å². The lowest BCUT2D eigenvalue weighted by atomic mass is 10.0. The highest BCUT2D eigenvalue weighted by Gasteiger charge is 2.25. The Morgan fingerprint density at radius 3 is 2.04 bits per heavy atom. The first kappa shape index (κ1) is 19.5. The van der Waals surface area contributed by atoms with Gasteiger partial charge in [-0.15, -0.1) is 0 Å². The van der Waals surface area contributed by atoms with Crippen LogP contribution < -0.4 is 15.4 Å². The van der Waals surface area contributed by atoms with Crippen molar-refractivity contribution >= 4 is 17.5 Å². The maximum absolute atomic E-state index is 12.7. The molecule has 1 atom stereocenters. The number of hydrogen-bond acceptors (Lipinski definition) is 3. The number of carbonyl (C=O) groups is 2. The molecular weight excluding hydrogens is 328 g/mol. The van der Waals surface area contributed by atoms with Gasteiger partial charge in [0.2, 0.25) is 5.91 Å². The third-order valence-corrected chi connectivity index (χ3v) is 4.08.